The van der Waals surface area contributed by atoms with E-state index in [1.807, 2.05) is 6.07 Å². The lowest BCUT2D eigenvalue weighted by atomic mass is 10.0. The zero-order valence-corrected chi connectivity index (χ0v) is 12.3. The lowest BCUT2D eigenvalue weighted by molar-refractivity contribution is 0.310. The van der Waals surface area contributed by atoms with Gasteiger partial charge in [-0.15, -0.1) is 11.3 Å². The molecule has 1 aliphatic heterocycles. The standard InChI is InChI=1S/C14H14BrNOS/c15-11-6-8-18-13(11)9-17-12-5-1-3-10-4-2-7-16-14(10)12/h1,3,5-6,8,16H,2,4,7,9H2. The summed E-state index contributed by atoms with van der Waals surface area (Å²) >= 11 is 5.24. The number of thiophene rings is 1. The van der Waals surface area contributed by atoms with E-state index in [1.54, 1.807) is 11.3 Å². The highest BCUT2D eigenvalue weighted by molar-refractivity contribution is 9.10. The van der Waals surface area contributed by atoms with Crippen LogP contribution >= 0.6 is 27.3 Å². The first-order chi connectivity index (χ1) is 8.84. The van der Waals surface area contributed by atoms with E-state index in [9.17, 15) is 0 Å². The van der Waals surface area contributed by atoms with Gasteiger partial charge in [0.1, 0.15) is 12.4 Å². The summed E-state index contributed by atoms with van der Waals surface area (Å²) in [6.45, 7) is 1.66. The molecule has 3 rings (SSSR count). The third-order valence-electron chi connectivity index (χ3n) is 3.09. The Kier molecular flexibility index (Phi) is 3.57. The third kappa shape index (κ3) is 2.40. The van der Waals surface area contributed by atoms with Crippen LogP contribution in [0.4, 0.5) is 5.69 Å². The van der Waals surface area contributed by atoms with E-state index in [0.29, 0.717) is 6.61 Å². The summed E-state index contributed by atoms with van der Waals surface area (Å²) in [4.78, 5) is 1.23. The summed E-state index contributed by atoms with van der Waals surface area (Å²) in [5.41, 5.74) is 2.54. The van der Waals surface area contributed by atoms with Gasteiger partial charge in [-0.3, -0.25) is 0 Å². The molecule has 0 saturated carbocycles. The van der Waals surface area contributed by atoms with Gasteiger partial charge in [-0.1, -0.05) is 12.1 Å². The van der Waals surface area contributed by atoms with Gasteiger partial charge in [-0.2, -0.15) is 0 Å². The van der Waals surface area contributed by atoms with Gasteiger partial charge in [0, 0.05) is 11.0 Å². The Balaban J connectivity index is 1.79. The number of anilines is 1. The second-order valence-electron chi connectivity index (χ2n) is 4.30. The van der Waals surface area contributed by atoms with Crippen molar-refractivity contribution < 1.29 is 4.74 Å². The van der Waals surface area contributed by atoms with Crippen molar-refractivity contribution in [1.29, 1.82) is 0 Å². The van der Waals surface area contributed by atoms with Crippen LogP contribution in [0.5, 0.6) is 5.75 Å². The van der Waals surface area contributed by atoms with Crippen molar-refractivity contribution in [2.45, 2.75) is 19.4 Å². The van der Waals surface area contributed by atoms with E-state index < -0.39 is 0 Å². The van der Waals surface area contributed by atoms with E-state index >= 15 is 0 Å². The largest absolute Gasteiger partial charge is 0.486 e. The molecule has 0 saturated heterocycles. The first-order valence-corrected chi connectivity index (χ1v) is 7.72. The number of nitrogens with one attached hydrogen (secondary N) is 1. The molecule has 0 spiro atoms. The van der Waals surface area contributed by atoms with Crippen molar-refractivity contribution >= 4 is 33.0 Å². The van der Waals surface area contributed by atoms with Crippen LogP contribution in [0, 0.1) is 0 Å². The highest BCUT2D eigenvalue weighted by Gasteiger charge is 2.13. The zero-order valence-electron chi connectivity index (χ0n) is 9.91. The van der Waals surface area contributed by atoms with E-state index in [0.717, 1.165) is 23.2 Å². The SMILES string of the molecule is Brc1ccsc1COc1cccc2c1NCCC2. The topological polar surface area (TPSA) is 21.3 Å². The second-order valence-corrected chi connectivity index (χ2v) is 6.16. The number of rotatable bonds is 3. The number of halogens is 1. The van der Waals surface area contributed by atoms with Crippen molar-refractivity contribution in [1.82, 2.24) is 0 Å². The van der Waals surface area contributed by atoms with Crippen LogP contribution in [0.3, 0.4) is 0 Å². The molecule has 0 amide bonds. The van der Waals surface area contributed by atoms with Crippen molar-refractivity contribution in [3.05, 3.63) is 44.6 Å². The Bertz CT molecular complexity index is 552. The maximum absolute atomic E-state index is 5.95. The first kappa shape index (κ1) is 12.1. The Morgan fingerprint density at radius 2 is 2.28 bits per heavy atom. The smallest absolute Gasteiger partial charge is 0.143 e. The molecule has 1 N–H and O–H groups in total. The fourth-order valence-electron chi connectivity index (χ4n) is 2.17. The number of ether oxygens (including phenoxy) is 1. The molecule has 2 aromatic rings. The van der Waals surface area contributed by atoms with Crippen molar-refractivity contribution in [2.24, 2.45) is 0 Å². The molecule has 0 atom stereocenters. The van der Waals surface area contributed by atoms with Crippen LogP contribution in [0.2, 0.25) is 0 Å². The summed E-state index contributed by atoms with van der Waals surface area (Å²) in [5, 5.41) is 5.51. The molecule has 18 heavy (non-hydrogen) atoms. The highest BCUT2D eigenvalue weighted by Crippen LogP contribution is 2.33. The molecule has 0 radical (unpaired) electrons. The Hall–Kier alpha value is -1.00. The summed E-state index contributed by atoms with van der Waals surface area (Å²) < 4.78 is 7.08. The zero-order chi connectivity index (χ0) is 12.4. The van der Waals surface area contributed by atoms with Crippen LogP contribution in [-0.2, 0) is 13.0 Å². The first-order valence-electron chi connectivity index (χ1n) is 6.05. The minimum absolute atomic E-state index is 0.621. The fraction of sp³-hybridized carbons (Fsp3) is 0.286. The summed E-state index contributed by atoms with van der Waals surface area (Å²) in [5.74, 6) is 0.965. The molecular formula is C14H14BrNOS. The van der Waals surface area contributed by atoms with Crippen LogP contribution in [0.15, 0.2) is 34.1 Å². The molecule has 1 aliphatic rings. The van der Waals surface area contributed by atoms with Crippen LogP contribution in [-0.4, -0.2) is 6.54 Å². The van der Waals surface area contributed by atoms with Gasteiger partial charge in [0.2, 0.25) is 0 Å². The van der Waals surface area contributed by atoms with Crippen molar-refractivity contribution in [2.75, 3.05) is 11.9 Å². The minimum Gasteiger partial charge on any atom is -0.486 e. The van der Waals surface area contributed by atoms with E-state index in [2.05, 4.69) is 44.8 Å². The van der Waals surface area contributed by atoms with E-state index in [-0.39, 0.29) is 0 Å². The molecule has 0 fully saturated rings. The number of benzene rings is 1. The van der Waals surface area contributed by atoms with Crippen LogP contribution in [0.25, 0.3) is 0 Å². The Morgan fingerprint density at radius 1 is 1.33 bits per heavy atom. The van der Waals surface area contributed by atoms with Gasteiger partial charge >= 0.3 is 0 Å². The average Bonchev–Trinajstić information content (AvgIpc) is 2.82. The Morgan fingerprint density at radius 3 is 3.11 bits per heavy atom. The maximum Gasteiger partial charge on any atom is 0.143 e. The molecule has 1 aromatic heterocycles. The van der Waals surface area contributed by atoms with Crippen LogP contribution < -0.4 is 10.1 Å². The number of fused-ring (bicyclic) bond motifs is 1. The van der Waals surface area contributed by atoms with Gasteiger partial charge in [-0.25, -0.2) is 0 Å². The van der Waals surface area contributed by atoms with Crippen LogP contribution in [0.1, 0.15) is 16.9 Å². The predicted molar refractivity (Wildman–Crippen MR) is 79.6 cm³/mol. The normalized spacial score (nSPS) is 13.8. The number of aryl methyl sites for hydroxylation is 1. The highest BCUT2D eigenvalue weighted by atomic mass is 79.9. The Labute approximate surface area is 119 Å². The van der Waals surface area contributed by atoms with Gasteiger partial charge < -0.3 is 10.1 Å². The molecule has 0 aliphatic carbocycles. The maximum atomic E-state index is 5.95. The van der Waals surface area contributed by atoms with Gasteiger partial charge in [0.05, 0.1) is 10.6 Å². The second kappa shape index (κ2) is 5.33. The summed E-state index contributed by atoms with van der Waals surface area (Å²) in [7, 11) is 0. The van der Waals surface area contributed by atoms with Crippen molar-refractivity contribution in [3.63, 3.8) is 0 Å². The molecule has 94 valence electrons. The van der Waals surface area contributed by atoms with E-state index in [1.165, 1.54) is 22.5 Å². The van der Waals surface area contributed by atoms with E-state index in [4.69, 9.17) is 4.74 Å². The molecule has 2 nitrogen and oxygen atoms in total. The molecular weight excluding hydrogens is 310 g/mol. The fourth-order valence-corrected chi connectivity index (χ4v) is 3.55. The van der Waals surface area contributed by atoms with Gasteiger partial charge in [-0.05, 0) is 51.8 Å². The molecule has 0 bridgehead atoms. The number of hydrogen-bond acceptors (Lipinski definition) is 3. The minimum atomic E-state index is 0.621. The van der Waals surface area contributed by atoms with Gasteiger partial charge in [0.15, 0.2) is 0 Å². The quantitative estimate of drug-likeness (QED) is 0.901. The number of para-hydroxylation sites is 1. The lowest BCUT2D eigenvalue weighted by Gasteiger charge is -2.21. The lowest BCUT2D eigenvalue weighted by Crippen LogP contribution is -2.13. The average molecular weight is 324 g/mol. The summed E-state index contributed by atoms with van der Waals surface area (Å²) in [6, 6.07) is 8.35. The van der Waals surface area contributed by atoms with Gasteiger partial charge in [0.25, 0.3) is 0 Å². The third-order valence-corrected chi connectivity index (χ3v) is 4.99. The molecule has 2 heterocycles. The summed E-state index contributed by atoms with van der Waals surface area (Å²) in [6.07, 6.45) is 2.34. The predicted octanol–water partition coefficient (Wildman–Crippen LogP) is 4.45. The number of hydrogen-bond donors (Lipinski definition) is 1. The molecule has 1 aromatic carbocycles. The monoisotopic (exact) mass is 323 g/mol. The molecule has 4 heteroatoms. The molecule has 0 unspecified atom stereocenters. The van der Waals surface area contributed by atoms with Crippen molar-refractivity contribution in [3.8, 4) is 5.75 Å².